The number of hydrogen-bond acceptors (Lipinski definition) is 3. The van der Waals surface area contributed by atoms with Crippen LogP contribution in [0.3, 0.4) is 0 Å². The summed E-state index contributed by atoms with van der Waals surface area (Å²) in [5.74, 6) is -0.656. The average molecular weight is 606 g/mol. The molecule has 0 fully saturated rings. The van der Waals surface area contributed by atoms with E-state index >= 15 is 0 Å². The van der Waals surface area contributed by atoms with E-state index in [4.69, 9.17) is 4.74 Å². The molecule has 200 valence electrons. The molecule has 0 rings (SSSR count). The van der Waals surface area contributed by atoms with Gasteiger partial charge in [-0.1, -0.05) is 155 Å². The number of carbonyl (C=O) groups excluding carboxylic acids is 2. The van der Waals surface area contributed by atoms with Crippen molar-refractivity contribution in [3.63, 3.8) is 0 Å². The predicted molar refractivity (Wildman–Crippen MR) is 150 cm³/mol. The molecule has 3 nitrogen and oxygen atoms in total. The first kappa shape index (κ1) is 36.9. The van der Waals surface area contributed by atoms with Gasteiger partial charge in [-0.2, -0.15) is 0 Å². The molecule has 0 aliphatic carbocycles. The zero-order valence-electron chi connectivity index (χ0n) is 25.3. The smallest absolute Gasteiger partial charge is 1.00 e. The van der Waals surface area contributed by atoms with E-state index in [-0.39, 0.29) is 63.7 Å². The number of esters is 2. The summed E-state index contributed by atoms with van der Waals surface area (Å²) in [7, 11) is 0. The molecule has 0 saturated heterocycles. The summed E-state index contributed by atoms with van der Waals surface area (Å²) >= 11 is 0. The van der Waals surface area contributed by atoms with Gasteiger partial charge in [0, 0.05) is 12.8 Å². The monoisotopic (exact) mass is 606 g/mol. The summed E-state index contributed by atoms with van der Waals surface area (Å²) < 4.78 is 4.97. The normalized spacial score (nSPS) is 10.8. The maximum Gasteiger partial charge on any atom is 2.00 e. The van der Waals surface area contributed by atoms with Gasteiger partial charge < -0.3 is 7.59 Å². The van der Waals surface area contributed by atoms with E-state index in [0.29, 0.717) is 12.8 Å². The van der Waals surface area contributed by atoms with Gasteiger partial charge in [-0.05, 0) is 12.8 Å². The van der Waals surface area contributed by atoms with Crippen LogP contribution in [-0.4, -0.2) is 60.8 Å². The molecule has 0 N–H and O–H groups in total. The first-order chi connectivity index (χ1) is 16.2. The van der Waals surface area contributed by atoms with Gasteiger partial charge in [-0.25, -0.2) is 0 Å². The van der Waals surface area contributed by atoms with Crippen molar-refractivity contribution in [1.29, 1.82) is 0 Å². The van der Waals surface area contributed by atoms with Crippen LogP contribution in [0.15, 0.2) is 0 Å². The molecule has 0 unspecified atom stereocenters. The fourth-order valence-corrected chi connectivity index (χ4v) is 4.45. The van der Waals surface area contributed by atoms with Crippen molar-refractivity contribution in [2.45, 2.75) is 181 Å². The number of rotatable bonds is 26. The quantitative estimate of drug-likeness (QED) is 0.0426. The Morgan fingerprint density at radius 1 is 0.412 bits per heavy atom. The first-order valence-electron chi connectivity index (χ1n) is 14.9. The Morgan fingerprint density at radius 2 is 0.618 bits per heavy atom. The summed E-state index contributed by atoms with van der Waals surface area (Å²) in [5.41, 5.74) is 0. The molecule has 0 spiro atoms. The second-order valence-corrected chi connectivity index (χ2v) is 10.1. The van der Waals surface area contributed by atoms with Gasteiger partial charge in [0.1, 0.15) is 0 Å². The van der Waals surface area contributed by atoms with Crippen molar-refractivity contribution in [3.8, 4) is 0 Å². The summed E-state index contributed by atoms with van der Waals surface area (Å²) in [6.07, 6.45) is 31.4. The third-order valence-electron chi connectivity index (χ3n) is 6.70. The molecule has 0 bridgehead atoms. The van der Waals surface area contributed by atoms with Crippen LogP contribution in [0.2, 0.25) is 0 Å². The Morgan fingerprint density at radius 3 is 0.853 bits per heavy atom. The molecule has 0 heterocycles. The molecule has 4 heteroatoms. The van der Waals surface area contributed by atoms with Crippen molar-refractivity contribution in [1.82, 2.24) is 0 Å². The molecule has 0 aromatic carbocycles. The van der Waals surface area contributed by atoms with E-state index in [1.54, 1.807) is 0 Å². The van der Waals surface area contributed by atoms with Crippen LogP contribution in [0, 0.1) is 0 Å². The molecule has 0 aliphatic rings. The Balaban J connectivity index is -0.00000171. The minimum atomic E-state index is -0.328. The maximum atomic E-state index is 11.8. The van der Waals surface area contributed by atoms with Crippen LogP contribution < -0.4 is 0 Å². The largest absolute Gasteiger partial charge is 2.00 e. The molecule has 34 heavy (non-hydrogen) atoms. The van der Waals surface area contributed by atoms with Gasteiger partial charge in [0.25, 0.3) is 0 Å². The van der Waals surface area contributed by atoms with Crippen LogP contribution >= 0.6 is 0 Å². The van der Waals surface area contributed by atoms with Crippen molar-refractivity contribution < 1.29 is 17.2 Å². The molecule has 0 atom stereocenters. The SMILES string of the molecule is CCCCCCCCCCCCCCCC(=O)OC(=O)CCCCCCCCCCCCC.[Ba+2].[H-].[H-]. The Kier molecular flexibility index (Phi) is 34.4. The standard InChI is InChI=1S/C30H58O3.Ba.2H/c1-3-5-7-9-11-13-15-16-18-20-22-24-26-28-30(32)33-29(31)27-25-23-21-19-17-14-12-10-8-6-4-2;;;/h3-28H2,1-2H3;;;/q;+2;2*-1. The zero-order valence-corrected chi connectivity index (χ0v) is 27.8. The minimum Gasteiger partial charge on any atom is -1.00 e. The Bertz CT molecular complexity index is 436. The van der Waals surface area contributed by atoms with E-state index in [1.807, 2.05) is 0 Å². The van der Waals surface area contributed by atoms with Crippen molar-refractivity contribution in [2.75, 3.05) is 0 Å². The predicted octanol–water partition coefficient (Wildman–Crippen LogP) is 10.1. The minimum absolute atomic E-state index is 0. The molecular weight excluding hydrogens is 546 g/mol. The second kappa shape index (κ2) is 31.7. The number of unbranched alkanes of at least 4 members (excludes halogenated alkanes) is 22. The third-order valence-corrected chi connectivity index (χ3v) is 6.70. The maximum absolute atomic E-state index is 11.8. The fraction of sp³-hybridized carbons (Fsp3) is 0.933. The Labute approximate surface area is 256 Å². The topological polar surface area (TPSA) is 43.4 Å². The van der Waals surface area contributed by atoms with Crippen LogP contribution in [0.25, 0.3) is 0 Å². The van der Waals surface area contributed by atoms with E-state index in [2.05, 4.69) is 13.8 Å². The van der Waals surface area contributed by atoms with Gasteiger partial charge in [0.15, 0.2) is 0 Å². The van der Waals surface area contributed by atoms with Crippen molar-refractivity contribution in [2.24, 2.45) is 0 Å². The van der Waals surface area contributed by atoms with Gasteiger partial charge in [0.2, 0.25) is 0 Å². The van der Waals surface area contributed by atoms with Crippen LogP contribution in [0.1, 0.15) is 184 Å². The van der Waals surface area contributed by atoms with Gasteiger partial charge in [-0.15, -0.1) is 0 Å². The van der Waals surface area contributed by atoms with Crippen LogP contribution in [0.5, 0.6) is 0 Å². The summed E-state index contributed by atoms with van der Waals surface area (Å²) in [5, 5.41) is 0. The van der Waals surface area contributed by atoms with Crippen molar-refractivity contribution in [3.05, 3.63) is 0 Å². The van der Waals surface area contributed by atoms with E-state index in [9.17, 15) is 9.59 Å². The van der Waals surface area contributed by atoms with Crippen LogP contribution in [-0.2, 0) is 14.3 Å². The number of ether oxygens (including phenoxy) is 1. The summed E-state index contributed by atoms with van der Waals surface area (Å²) in [6.45, 7) is 4.52. The fourth-order valence-electron chi connectivity index (χ4n) is 4.45. The zero-order chi connectivity index (χ0) is 24.2. The van der Waals surface area contributed by atoms with Crippen molar-refractivity contribution >= 4 is 60.8 Å². The summed E-state index contributed by atoms with van der Waals surface area (Å²) in [6, 6.07) is 0. The molecular formula is C30H60BaO3. The Hall–Kier alpha value is 0.711. The van der Waals surface area contributed by atoms with E-state index in [1.165, 1.54) is 128 Å². The van der Waals surface area contributed by atoms with Gasteiger partial charge in [-0.3, -0.25) is 9.59 Å². The average Bonchev–Trinajstić information content (AvgIpc) is 2.80. The molecule has 0 aliphatic heterocycles. The molecule has 0 aromatic rings. The van der Waals surface area contributed by atoms with Gasteiger partial charge in [0.05, 0.1) is 0 Å². The van der Waals surface area contributed by atoms with Gasteiger partial charge >= 0.3 is 60.8 Å². The summed E-state index contributed by atoms with van der Waals surface area (Å²) in [4.78, 5) is 23.6. The third kappa shape index (κ3) is 30.7. The number of hydrogen-bond donors (Lipinski definition) is 0. The molecule has 0 amide bonds. The second-order valence-electron chi connectivity index (χ2n) is 10.1. The van der Waals surface area contributed by atoms with E-state index in [0.717, 1.165) is 25.7 Å². The molecule has 0 aromatic heterocycles. The van der Waals surface area contributed by atoms with E-state index < -0.39 is 0 Å². The molecule has 0 saturated carbocycles. The molecule has 0 radical (unpaired) electrons. The van der Waals surface area contributed by atoms with Crippen LogP contribution in [0.4, 0.5) is 0 Å². The number of carbonyl (C=O) groups is 2. The first-order valence-corrected chi connectivity index (χ1v) is 14.9.